The van der Waals surface area contributed by atoms with Crippen LogP contribution in [-0.2, 0) is 0 Å². The van der Waals surface area contributed by atoms with E-state index in [1.807, 2.05) is 25.1 Å². The summed E-state index contributed by atoms with van der Waals surface area (Å²) in [6.07, 6.45) is 0. The third-order valence-corrected chi connectivity index (χ3v) is 16.3. The molecule has 0 N–H and O–H groups in total. The standard InChI is InChI=1S/C74H63N5O3/c1-42(2)56-36-50(47-21-12-10-13-22-47)37-57(43(3)4)68(56)78-64-29-18-16-27-62(64)76-72(78)49-25-20-26-52(35-49)80-53-40-60-54-33-34-66-67(55-32-31-46(9)75-74(55)81-66)71(54)82-70(60)61(41-53)73-77-63-28-17-19-30-65(63)79(73)69-58(44(5)6)38-51(39-59(69)45(7)8)48-23-14-11-15-24-48/h10-45H,1-9H3. The summed E-state index contributed by atoms with van der Waals surface area (Å²) in [5.41, 5.74) is 21.2. The molecular weight excluding hydrogens is 1010 g/mol. The first-order valence-corrected chi connectivity index (χ1v) is 28.8. The highest BCUT2D eigenvalue weighted by Gasteiger charge is 2.29. The van der Waals surface area contributed by atoms with Gasteiger partial charge in [-0.2, -0.15) is 0 Å². The Morgan fingerprint density at radius 1 is 0.390 bits per heavy atom. The molecule has 0 aliphatic heterocycles. The number of ether oxygens (including phenoxy) is 1. The van der Waals surface area contributed by atoms with E-state index in [2.05, 4.69) is 240 Å². The van der Waals surface area contributed by atoms with Crippen molar-refractivity contribution in [2.75, 3.05) is 0 Å². The Kier molecular flexibility index (Phi) is 12.3. The SMILES string of the molecule is Cc1ccc2c(n1)oc1ccc3c4cc(Oc5cccc(-c6nc7ccccc7n6-c6c(C(C)C)cc(-c7ccccc7)cc6C(C)C)c5)cc(-c5nc6ccccc6n5-c5c(C(C)C)cc(-c6ccccc6)cc5C(C)C)c4oc3c12. The zero-order chi connectivity index (χ0) is 56.1. The van der Waals surface area contributed by atoms with Crippen LogP contribution in [0.15, 0.2) is 203 Å². The van der Waals surface area contributed by atoms with Gasteiger partial charge < -0.3 is 13.6 Å². The van der Waals surface area contributed by atoms with Crippen molar-refractivity contribution >= 4 is 66.1 Å². The van der Waals surface area contributed by atoms with Crippen molar-refractivity contribution < 1.29 is 13.6 Å². The first kappa shape index (κ1) is 50.7. The van der Waals surface area contributed by atoms with E-state index in [-0.39, 0.29) is 23.7 Å². The van der Waals surface area contributed by atoms with Crippen LogP contribution >= 0.6 is 0 Å². The number of pyridine rings is 1. The lowest BCUT2D eigenvalue weighted by Gasteiger charge is -2.24. The highest BCUT2D eigenvalue weighted by molar-refractivity contribution is 6.23. The number of imidazole rings is 2. The summed E-state index contributed by atoms with van der Waals surface area (Å²) >= 11 is 0. The largest absolute Gasteiger partial charge is 0.457 e. The Labute approximate surface area is 477 Å². The Hall–Kier alpha value is -9.53. The number of aryl methyl sites for hydroxylation is 1. The van der Waals surface area contributed by atoms with Crippen LogP contribution in [0.4, 0.5) is 0 Å². The fraction of sp³-hybridized carbons (Fsp3) is 0.176. The molecule has 8 heteroatoms. The number of nitrogens with zero attached hydrogens (tertiary/aromatic N) is 5. The second-order valence-corrected chi connectivity index (χ2v) is 23.2. The van der Waals surface area contributed by atoms with Gasteiger partial charge >= 0.3 is 0 Å². The summed E-state index contributed by atoms with van der Waals surface area (Å²) in [6.45, 7) is 20.3. The van der Waals surface area contributed by atoms with Gasteiger partial charge in [0.05, 0.1) is 49.8 Å². The minimum Gasteiger partial charge on any atom is -0.457 e. The molecule has 5 aromatic heterocycles. The van der Waals surface area contributed by atoms with Gasteiger partial charge in [0.25, 0.3) is 0 Å². The van der Waals surface area contributed by atoms with Crippen molar-refractivity contribution in [2.24, 2.45) is 0 Å². The van der Waals surface area contributed by atoms with Crippen molar-refractivity contribution in [2.45, 2.75) is 86.0 Å². The minimum absolute atomic E-state index is 0.175. The first-order valence-electron chi connectivity index (χ1n) is 28.8. The molecule has 0 aliphatic rings. The smallest absolute Gasteiger partial charge is 0.227 e. The molecule has 0 aliphatic carbocycles. The summed E-state index contributed by atoms with van der Waals surface area (Å²) < 4.78 is 25.8. The molecule has 0 bridgehead atoms. The van der Waals surface area contributed by atoms with Crippen LogP contribution in [0.25, 0.3) is 122 Å². The third kappa shape index (κ3) is 8.46. The van der Waals surface area contributed by atoms with E-state index in [0.29, 0.717) is 28.4 Å². The lowest BCUT2D eigenvalue weighted by molar-refractivity contribution is 0.483. The molecule has 82 heavy (non-hydrogen) atoms. The lowest BCUT2D eigenvalue weighted by Crippen LogP contribution is -2.09. The monoisotopic (exact) mass is 1070 g/mol. The van der Waals surface area contributed by atoms with Gasteiger partial charge in [0.2, 0.25) is 5.71 Å². The molecule has 0 unspecified atom stereocenters. The summed E-state index contributed by atoms with van der Waals surface area (Å²) in [4.78, 5) is 15.8. The van der Waals surface area contributed by atoms with Gasteiger partial charge in [-0.1, -0.05) is 152 Å². The van der Waals surface area contributed by atoms with Gasteiger partial charge in [-0.15, -0.1) is 0 Å². The topological polar surface area (TPSA) is 84.0 Å². The quantitative estimate of drug-likeness (QED) is 0.121. The highest BCUT2D eigenvalue weighted by Crippen LogP contribution is 2.48. The van der Waals surface area contributed by atoms with Gasteiger partial charge in [-0.3, -0.25) is 9.13 Å². The Morgan fingerprint density at radius 3 is 1.48 bits per heavy atom. The molecule has 14 rings (SSSR count). The maximum atomic E-state index is 7.31. The number of aromatic nitrogens is 5. The molecule has 8 nitrogen and oxygen atoms in total. The van der Waals surface area contributed by atoms with Crippen LogP contribution in [0.3, 0.4) is 0 Å². The maximum absolute atomic E-state index is 7.31. The Bertz CT molecular complexity index is 4740. The van der Waals surface area contributed by atoms with E-state index in [1.54, 1.807) is 0 Å². The van der Waals surface area contributed by atoms with Gasteiger partial charge in [0.15, 0.2) is 0 Å². The van der Waals surface area contributed by atoms with Crippen LogP contribution in [-0.4, -0.2) is 24.1 Å². The van der Waals surface area contributed by atoms with Crippen LogP contribution in [0, 0.1) is 6.92 Å². The van der Waals surface area contributed by atoms with Crippen LogP contribution < -0.4 is 4.74 Å². The average Bonchev–Trinajstić information content (AvgIpc) is 4.42. The number of fused-ring (bicyclic) bond motifs is 9. The minimum atomic E-state index is 0.175. The summed E-state index contributed by atoms with van der Waals surface area (Å²) in [6, 6.07) is 68.7. The highest BCUT2D eigenvalue weighted by atomic mass is 16.5. The van der Waals surface area contributed by atoms with Gasteiger partial charge in [-0.05, 0) is 172 Å². The van der Waals surface area contributed by atoms with E-state index in [1.165, 1.54) is 50.2 Å². The van der Waals surface area contributed by atoms with Crippen molar-refractivity contribution in [3.05, 3.63) is 222 Å². The molecule has 0 fully saturated rings. The summed E-state index contributed by atoms with van der Waals surface area (Å²) in [5.74, 6) is 3.70. The van der Waals surface area contributed by atoms with Gasteiger partial charge in [0, 0.05) is 22.0 Å². The Balaban J connectivity index is 0.993. The normalized spacial score (nSPS) is 12.2. The molecule has 0 saturated heterocycles. The number of hydrogen-bond acceptors (Lipinski definition) is 6. The zero-order valence-electron chi connectivity index (χ0n) is 47.7. The molecule has 0 saturated carbocycles. The molecule has 0 radical (unpaired) electrons. The van der Waals surface area contributed by atoms with Crippen LogP contribution in [0.2, 0.25) is 0 Å². The molecule has 9 aromatic carbocycles. The number of benzene rings is 9. The van der Waals surface area contributed by atoms with E-state index < -0.39 is 0 Å². The van der Waals surface area contributed by atoms with Crippen LogP contribution in [0.1, 0.15) is 107 Å². The van der Waals surface area contributed by atoms with Gasteiger partial charge in [-0.25, -0.2) is 15.0 Å². The summed E-state index contributed by atoms with van der Waals surface area (Å²) in [7, 11) is 0. The molecule has 14 aromatic rings. The van der Waals surface area contributed by atoms with Crippen molar-refractivity contribution in [3.63, 3.8) is 0 Å². The molecule has 0 amide bonds. The summed E-state index contributed by atoms with van der Waals surface area (Å²) in [5, 5.41) is 3.60. The number of furan rings is 2. The maximum Gasteiger partial charge on any atom is 0.227 e. The Morgan fingerprint density at radius 2 is 0.902 bits per heavy atom. The predicted molar refractivity (Wildman–Crippen MR) is 337 cm³/mol. The van der Waals surface area contributed by atoms with Gasteiger partial charge in [0.1, 0.15) is 39.9 Å². The van der Waals surface area contributed by atoms with E-state index in [0.717, 1.165) is 83.4 Å². The average molecular weight is 1070 g/mol. The second kappa shape index (κ2) is 19.9. The number of hydrogen-bond donors (Lipinski definition) is 0. The van der Waals surface area contributed by atoms with E-state index >= 15 is 0 Å². The van der Waals surface area contributed by atoms with E-state index in [4.69, 9.17) is 28.5 Å². The third-order valence-electron chi connectivity index (χ3n) is 16.3. The van der Waals surface area contributed by atoms with Crippen molar-refractivity contribution in [1.29, 1.82) is 0 Å². The lowest BCUT2D eigenvalue weighted by atomic mass is 9.88. The molecule has 5 heterocycles. The zero-order valence-corrected chi connectivity index (χ0v) is 47.7. The molecule has 0 atom stereocenters. The van der Waals surface area contributed by atoms with Crippen LogP contribution in [0.5, 0.6) is 11.5 Å². The molecule has 0 spiro atoms. The van der Waals surface area contributed by atoms with Crippen molar-refractivity contribution in [1.82, 2.24) is 24.1 Å². The fourth-order valence-corrected chi connectivity index (χ4v) is 12.3. The molecular formula is C74H63N5O3. The fourth-order valence-electron chi connectivity index (χ4n) is 12.3. The number of para-hydroxylation sites is 4. The first-order chi connectivity index (χ1) is 39.9. The number of rotatable bonds is 12. The van der Waals surface area contributed by atoms with E-state index in [9.17, 15) is 0 Å². The predicted octanol–water partition coefficient (Wildman–Crippen LogP) is 20.8. The second-order valence-electron chi connectivity index (χ2n) is 23.2. The molecule has 402 valence electrons. The van der Waals surface area contributed by atoms with Crippen molar-refractivity contribution in [3.8, 4) is 67.9 Å².